The quantitative estimate of drug-likeness (QED) is 0.775. The van der Waals surface area contributed by atoms with Gasteiger partial charge in [-0.15, -0.1) is 11.3 Å². The monoisotopic (exact) mass is 345 g/mol. The van der Waals surface area contributed by atoms with E-state index >= 15 is 0 Å². The average Bonchev–Trinajstić information content (AvgIpc) is 2.89. The van der Waals surface area contributed by atoms with E-state index in [0.29, 0.717) is 0 Å². The van der Waals surface area contributed by atoms with Crippen LogP contribution in [0.2, 0.25) is 0 Å². The second-order valence-electron chi connectivity index (χ2n) is 4.16. The van der Waals surface area contributed by atoms with E-state index < -0.39 is 11.6 Å². The van der Waals surface area contributed by atoms with Crippen LogP contribution in [0.25, 0.3) is 0 Å². The third-order valence-electron chi connectivity index (χ3n) is 2.88. The molecule has 0 aliphatic rings. The Kier molecular flexibility index (Phi) is 5.07. The number of rotatable bonds is 5. The average molecular weight is 346 g/mol. The van der Waals surface area contributed by atoms with Gasteiger partial charge in [-0.2, -0.15) is 0 Å². The van der Waals surface area contributed by atoms with Gasteiger partial charge in [0.1, 0.15) is 0 Å². The summed E-state index contributed by atoms with van der Waals surface area (Å²) >= 11 is 4.82. The van der Waals surface area contributed by atoms with Gasteiger partial charge in [-0.25, -0.2) is 8.78 Å². The lowest BCUT2D eigenvalue weighted by Gasteiger charge is -2.19. The minimum absolute atomic E-state index is 0.0341. The molecule has 0 amide bonds. The number of likely N-dealkylation sites (N-methyl/N-ethyl adjacent to an activating group) is 1. The molecule has 1 nitrogen and oxygen atoms in total. The van der Waals surface area contributed by atoms with Gasteiger partial charge < -0.3 is 5.32 Å². The lowest BCUT2D eigenvalue weighted by Crippen LogP contribution is -2.23. The van der Waals surface area contributed by atoms with Crippen LogP contribution in [0, 0.1) is 11.6 Å². The van der Waals surface area contributed by atoms with Crippen molar-refractivity contribution in [3.05, 3.63) is 56.2 Å². The molecule has 0 bridgehead atoms. The SMILES string of the molecule is CCNC(Cc1cccs1)c1ccc(F)c(F)c1Br. The molecule has 1 unspecified atom stereocenters. The molecule has 1 atom stereocenters. The Balaban J connectivity index is 2.31. The Bertz CT molecular complexity index is 543. The molecule has 0 spiro atoms. The van der Waals surface area contributed by atoms with Crippen LogP contribution in [0.5, 0.6) is 0 Å². The highest BCUT2D eigenvalue weighted by atomic mass is 79.9. The maximum absolute atomic E-state index is 13.6. The van der Waals surface area contributed by atoms with Crippen molar-refractivity contribution in [3.63, 3.8) is 0 Å². The number of hydrogen-bond donors (Lipinski definition) is 1. The first-order valence-corrected chi connectivity index (χ1v) is 7.70. The van der Waals surface area contributed by atoms with Crippen LogP contribution in [0.3, 0.4) is 0 Å². The smallest absolute Gasteiger partial charge is 0.173 e. The Morgan fingerprint density at radius 3 is 2.74 bits per heavy atom. The maximum Gasteiger partial charge on any atom is 0.173 e. The molecule has 0 aliphatic carbocycles. The third kappa shape index (κ3) is 3.41. The van der Waals surface area contributed by atoms with E-state index in [0.717, 1.165) is 18.5 Å². The highest BCUT2D eigenvalue weighted by molar-refractivity contribution is 9.10. The molecule has 0 radical (unpaired) electrons. The summed E-state index contributed by atoms with van der Waals surface area (Å²) in [6.45, 7) is 2.76. The van der Waals surface area contributed by atoms with Gasteiger partial charge in [0, 0.05) is 17.3 Å². The van der Waals surface area contributed by atoms with Gasteiger partial charge in [0.25, 0.3) is 0 Å². The molecule has 0 fully saturated rings. The normalized spacial score (nSPS) is 12.6. The van der Waals surface area contributed by atoms with Gasteiger partial charge in [-0.1, -0.05) is 19.1 Å². The minimum Gasteiger partial charge on any atom is -0.310 e. The van der Waals surface area contributed by atoms with Crippen molar-refractivity contribution in [1.29, 1.82) is 0 Å². The molecule has 5 heteroatoms. The lowest BCUT2D eigenvalue weighted by molar-refractivity contribution is 0.491. The fraction of sp³-hybridized carbons (Fsp3) is 0.286. The van der Waals surface area contributed by atoms with E-state index in [4.69, 9.17) is 0 Å². The van der Waals surface area contributed by atoms with E-state index in [1.165, 1.54) is 10.9 Å². The summed E-state index contributed by atoms with van der Waals surface area (Å²) in [5.41, 5.74) is 0.745. The van der Waals surface area contributed by atoms with Crippen LogP contribution in [0.4, 0.5) is 8.78 Å². The van der Waals surface area contributed by atoms with Crippen molar-refractivity contribution in [2.24, 2.45) is 0 Å². The number of halogens is 3. The first kappa shape index (κ1) is 14.6. The van der Waals surface area contributed by atoms with Crippen LogP contribution >= 0.6 is 27.3 Å². The molecule has 1 aromatic heterocycles. The molecule has 0 saturated carbocycles. The summed E-state index contributed by atoms with van der Waals surface area (Å²) in [4.78, 5) is 1.21. The second-order valence-corrected chi connectivity index (χ2v) is 5.98. The molecule has 2 aromatic rings. The zero-order valence-corrected chi connectivity index (χ0v) is 12.8. The topological polar surface area (TPSA) is 12.0 Å². The minimum atomic E-state index is -0.831. The van der Waals surface area contributed by atoms with Crippen LogP contribution in [0.15, 0.2) is 34.1 Å². The highest BCUT2D eigenvalue weighted by Gasteiger charge is 2.19. The van der Waals surface area contributed by atoms with Crippen LogP contribution in [0.1, 0.15) is 23.4 Å². The summed E-state index contributed by atoms with van der Waals surface area (Å²) in [5, 5.41) is 5.32. The molecule has 1 heterocycles. The Labute approximate surface area is 123 Å². The highest BCUT2D eigenvalue weighted by Crippen LogP contribution is 2.30. The predicted molar refractivity (Wildman–Crippen MR) is 78.5 cm³/mol. The van der Waals surface area contributed by atoms with Gasteiger partial charge in [-0.3, -0.25) is 0 Å². The molecular formula is C14H14BrF2NS. The first-order chi connectivity index (χ1) is 9.13. The standard InChI is InChI=1S/C14H14BrF2NS/c1-2-18-12(8-9-4-3-7-19-9)10-5-6-11(16)14(17)13(10)15/h3-7,12,18H,2,8H2,1H3. The number of benzene rings is 1. The van der Waals surface area contributed by atoms with Crippen LogP contribution in [-0.2, 0) is 6.42 Å². The van der Waals surface area contributed by atoms with Gasteiger partial charge in [0.2, 0.25) is 0 Å². The van der Waals surface area contributed by atoms with E-state index in [9.17, 15) is 8.78 Å². The molecule has 19 heavy (non-hydrogen) atoms. The van der Waals surface area contributed by atoms with Gasteiger partial charge in [-0.05, 0) is 45.6 Å². The summed E-state index contributed by atoms with van der Waals surface area (Å²) < 4.78 is 27.0. The van der Waals surface area contributed by atoms with Crippen molar-refractivity contribution in [2.75, 3.05) is 6.54 Å². The van der Waals surface area contributed by atoms with Crippen LogP contribution in [-0.4, -0.2) is 6.54 Å². The van der Waals surface area contributed by atoms with E-state index in [2.05, 4.69) is 21.2 Å². The summed E-state index contributed by atoms with van der Waals surface area (Å²) in [6, 6.07) is 6.80. The Hall–Kier alpha value is -0.780. The third-order valence-corrected chi connectivity index (χ3v) is 4.58. The summed E-state index contributed by atoms with van der Waals surface area (Å²) in [7, 11) is 0. The number of hydrogen-bond acceptors (Lipinski definition) is 2. The van der Waals surface area contributed by atoms with Gasteiger partial charge in [0.05, 0.1) is 4.47 Å². The first-order valence-electron chi connectivity index (χ1n) is 6.02. The van der Waals surface area contributed by atoms with Crippen molar-refractivity contribution in [1.82, 2.24) is 5.32 Å². The second kappa shape index (κ2) is 6.59. The number of thiophene rings is 1. The molecule has 1 aromatic carbocycles. The van der Waals surface area contributed by atoms with Crippen molar-refractivity contribution in [3.8, 4) is 0 Å². The van der Waals surface area contributed by atoms with Gasteiger partial charge in [0.15, 0.2) is 11.6 Å². The summed E-state index contributed by atoms with van der Waals surface area (Å²) in [5.74, 6) is -1.66. The maximum atomic E-state index is 13.6. The van der Waals surface area contributed by atoms with Gasteiger partial charge >= 0.3 is 0 Å². The van der Waals surface area contributed by atoms with E-state index in [1.807, 2.05) is 24.4 Å². The van der Waals surface area contributed by atoms with Crippen molar-refractivity contribution >= 4 is 27.3 Å². The van der Waals surface area contributed by atoms with E-state index in [-0.39, 0.29) is 10.5 Å². The lowest BCUT2D eigenvalue weighted by atomic mass is 10.0. The Morgan fingerprint density at radius 1 is 1.32 bits per heavy atom. The fourth-order valence-electron chi connectivity index (χ4n) is 1.98. The molecule has 1 N–H and O–H groups in total. The van der Waals surface area contributed by atoms with Crippen molar-refractivity contribution in [2.45, 2.75) is 19.4 Å². The van der Waals surface area contributed by atoms with Crippen LogP contribution < -0.4 is 5.32 Å². The largest absolute Gasteiger partial charge is 0.310 e. The molecule has 102 valence electrons. The molecule has 2 rings (SSSR count). The Morgan fingerprint density at radius 2 is 2.11 bits per heavy atom. The zero-order chi connectivity index (χ0) is 13.8. The van der Waals surface area contributed by atoms with E-state index in [1.54, 1.807) is 17.4 Å². The molecule has 0 saturated heterocycles. The summed E-state index contributed by atoms with van der Waals surface area (Å²) in [6.07, 6.45) is 0.759. The fourth-order valence-corrected chi connectivity index (χ4v) is 3.33. The molecule has 0 aliphatic heterocycles. The predicted octanol–water partition coefficient (Wildman–Crippen LogP) is 4.68. The van der Waals surface area contributed by atoms with Crippen molar-refractivity contribution < 1.29 is 8.78 Å². The number of nitrogens with one attached hydrogen (secondary N) is 1. The molecular weight excluding hydrogens is 332 g/mol. The zero-order valence-electron chi connectivity index (χ0n) is 10.4.